The monoisotopic (exact) mass is 580 g/mol. The van der Waals surface area contributed by atoms with E-state index in [0.717, 1.165) is 41.6 Å². The van der Waals surface area contributed by atoms with Crippen LogP contribution in [0.15, 0.2) is 30.3 Å². The van der Waals surface area contributed by atoms with Crippen molar-refractivity contribution >= 4 is 14.3 Å². The summed E-state index contributed by atoms with van der Waals surface area (Å²) in [5.41, 5.74) is 2.02. The van der Waals surface area contributed by atoms with Crippen LogP contribution in [0.3, 0.4) is 0 Å². The molecule has 0 aliphatic heterocycles. The minimum absolute atomic E-state index is 0.0384. The summed E-state index contributed by atoms with van der Waals surface area (Å²) in [6, 6.07) is 10.0. The van der Waals surface area contributed by atoms with E-state index in [9.17, 15) is 4.79 Å². The van der Waals surface area contributed by atoms with Crippen molar-refractivity contribution in [1.29, 1.82) is 0 Å². The van der Waals surface area contributed by atoms with Crippen LogP contribution < -0.4 is 0 Å². The highest BCUT2D eigenvalue weighted by Crippen LogP contribution is 2.68. The normalized spacial score (nSPS) is 38.0. The molecular formula is C37H60O3Si. The average molecular weight is 581 g/mol. The highest BCUT2D eigenvalue weighted by atomic mass is 28.4. The van der Waals surface area contributed by atoms with Crippen LogP contribution in [0.1, 0.15) is 118 Å². The highest BCUT2D eigenvalue weighted by molar-refractivity contribution is 6.74. The lowest BCUT2D eigenvalue weighted by Gasteiger charge is -2.61. The molecule has 4 saturated carbocycles. The predicted octanol–water partition coefficient (Wildman–Crippen LogP) is 10.2. The number of hydrogen-bond acceptors (Lipinski definition) is 3. The van der Waals surface area contributed by atoms with Gasteiger partial charge in [-0.2, -0.15) is 0 Å². The largest absolute Gasteiger partial charge is 0.461 e. The van der Waals surface area contributed by atoms with Crippen LogP contribution in [0.5, 0.6) is 0 Å². The maximum atomic E-state index is 12.6. The first-order valence-electron chi connectivity index (χ1n) is 17.1. The van der Waals surface area contributed by atoms with E-state index in [1.807, 2.05) is 30.3 Å². The number of rotatable bonds is 8. The lowest BCUT2D eigenvalue weighted by Crippen LogP contribution is -2.55. The maximum absolute atomic E-state index is 12.6. The molecule has 5 rings (SSSR count). The molecule has 41 heavy (non-hydrogen) atoms. The van der Waals surface area contributed by atoms with E-state index >= 15 is 0 Å². The Morgan fingerprint density at radius 1 is 0.951 bits per heavy atom. The summed E-state index contributed by atoms with van der Waals surface area (Å²) in [6.07, 6.45) is 14.3. The van der Waals surface area contributed by atoms with Gasteiger partial charge in [0.2, 0.25) is 0 Å². The zero-order chi connectivity index (χ0) is 29.6. The number of carbonyl (C=O) groups is 1. The molecule has 0 heterocycles. The van der Waals surface area contributed by atoms with Crippen molar-refractivity contribution in [3.63, 3.8) is 0 Å². The number of hydrogen-bond donors (Lipinski definition) is 0. The van der Waals surface area contributed by atoms with Crippen LogP contribution in [0.25, 0.3) is 0 Å². The van der Waals surface area contributed by atoms with E-state index < -0.39 is 8.32 Å². The van der Waals surface area contributed by atoms with Gasteiger partial charge in [-0.05, 0) is 134 Å². The molecule has 0 saturated heterocycles. The van der Waals surface area contributed by atoms with Crippen LogP contribution >= 0.6 is 0 Å². The fourth-order valence-electron chi connectivity index (χ4n) is 10.3. The molecule has 1 aromatic carbocycles. The van der Waals surface area contributed by atoms with Crippen molar-refractivity contribution in [2.45, 2.75) is 143 Å². The fourth-order valence-corrected chi connectivity index (χ4v) is 11.7. The Labute approximate surface area is 253 Å². The third-order valence-electron chi connectivity index (χ3n) is 13.7. The molecule has 9 atom stereocenters. The van der Waals surface area contributed by atoms with Gasteiger partial charge in [-0.1, -0.05) is 71.9 Å². The molecule has 4 fully saturated rings. The Balaban J connectivity index is 1.17. The molecule has 1 aromatic rings. The number of benzene rings is 1. The van der Waals surface area contributed by atoms with E-state index in [1.54, 1.807) is 0 Å². The number of esters is 1. The topological polar surface area (TPSA) is 35.5 Å². The molecule has 0 spiro atoms. The number of ether oxygens (including phenoxy) is 1. The second-order valence-corrected chi connectivity index (χ2v) is 21.6. The van der Waals surface area contributed by atoms with Crippen molar-refractivity contribution in [3.05, 3.63) is 35.9 Å². The van der Waals surface area contributed by atoms with Gasteiger partial charge in [-0.3, -0.25) is 4.79 Å². The van der Waals surface area contributed by atoms with Gasteiger partial charge >= 0.3 is 5.97 Å². The number of carbonyl (C=O) groups excluding carboxylic acids is 1. The van der Waals surface area contributed by atoms with E-state index in [4.69, 9.17) is 9.16 Å². The minimum atomic E-state index is -1.72. The van der Waals surface area contributed by atoms with Crippen molar-refractivity contribution in [3.8, 4) is 0 Å². The minimum Gasteiger partial charge on any atom is -0.461 e. The molecule has 4 aliphatic carbocycles. The van der Waals surface area contributed by atoms with Gasteiger partial charge < -0.3 is 9.16 Å². The Bertz CT molecular complexity index is 1050. The summed E-state index contributed by atoms with van der Waals surface area (Å²) in [5, 5.41) is 0.290. The third kappa shape index (κ3) is 6.13. The van der Waals surface area contributed by atoms with E-state index in [0.29, 0.717) is 35.9 Å². The molecule has 230 valence electrons. The van der Waals surface area contributed by atoms with Crippen LogP contribution in [0, 0.1) is 46.3 Å². The molecule has 0 bridgehead atoms. The molecule has 0 N–H and O–H groups in total. The second kappa shape index (κ2) is 11.8. The first-order chi connectivity index (χ1) is 19.2. The lowest BCUT2D eigenvalue weighted by molar-refractivity contribution is -0.145. The zero-order valence-electron chi connectivity index (χ0n) is 27.6. The summed E-state index contributed by atoms with van der Waals surface area (Å²) >= 11 is 0. The molecule has 0 aromatic heterocycles. The summed E-state index contributed by atoms with van der Waals surface area (Å²) in [4.78, 5) is 12.6. The van der Waals surface area contributed by atoms with Gasteiger partial charge in [0.05, 0.1) is 0 Å². The van der Waals surface area contributed by atoms with E-state index in [1.165, 1.54) is 57.8 Å². The Morgan fingerprint density at radius 3 is 2.34 bits per heavy atom. The first kappa shape index (κ1) is 31.3. The summed E-state index contributed by atoms with van der Waals surface area (Å²) in [5.74, 6) is 4.81. The fraction of sp³-hybridized carbons (Fsp3) is 0.811. The van der Waals surface area contributed by atoms with Gasteiger partial charge in [-0.25, -0.2) is 0 Å². The standard InChI is InChI=1S/C37H60O3Si/c1-26(14-19-34(38)39-25-27-12-10-9-11-13-27)31-17-18-32-30-16-15-28-24-29(40-41(7,8)35(2,3)4)20-22-36(28,5)33(30)21-23-37(31,32)6/h9-13,26,28-33H,14-25H2,1-8H3/t26-,28-,29-,30+,31-,32+,33+,36+,37-/m1/s1. The lowest BCUT2D eigenvalue weighted by atomic mass is 9.44. The average Bonchev–Trinajstić information content (AvgIpc) is 3.28. The summed E-state index contributed by atoms with van der Waals surface area (Å²) in [7, 11) is -1.72. The maximum Gasteiger partial charge on any atom is 0.306 e. The van der Waals surface area contributed by atoms with Crippen LogP contribution in [-0.2, 0) is 20.6 Å². The molecular weight excluding hydrogens is 520 g/mol. The van der Waals surface area contributed by atoms with E-state index in [-0.39, 0.29) is 11.0 Å². The summed E-state index contributed by atoms with van der Waals surface area (Å²) < 4.78 is 12.6. The van der Waals surface area contributed by atoms with Crippen LogP contribution in [0.4, 0.5) is 0 Å². The quantitative estimate of drug-likeness (QED) is 0.227. The molecule has 0 amide bonds. The third-order valence-corrected chi connectivity index (χ3v) is 18.2. The van der Waals surface area contributed by atoms with Crippen LogP contribution in [0.2, 0.25) is 18.1 Å². The van der Waals surface area contributed by atoms with E-state index in [2.05, 4.69) is 54.6 Å². The smallest absolute Gasteiger partial charge is 0.306 e. The van der Waals surface area contributed by atoms with Crippen molar-refractivity contribution in [2.24, 2.45) is 46.3 Å². The van der Waals surface area contributed by atoms with Crippen molar-refractivity contribution < 1.29 is 14.0 Å². The van der Waals surface area contributed by atoms with Gasteiger partial charge in [0.15, 0.2) is 8.32 Å². The molecule has 0 radical (unpaired) electrons. The van der Waals surface area contributed by atoms with Gasteiger partial charge in [0.1, 0.15) is 6.61 Å². The Hall–Kier alpha value is -1.13. The SMILES string of the molecule is C[C@H](CCC(=O)OCc1ccccc1)[C@H]1CC[C@H]2[C@@H]3CC[C@@H]4C[C@H](O[Si](C)(C)C(C)(C)C)CC[C@]4(C)[C@H]3CC[C@]12C. The molecule has 0 unspecified atom stereocenters. The van der Waals surface area contributed by atoms with Crippen molar-refractivity contribution in [2.75, 3.05) is 0 Å². The first-order valence-corrected chi connectivity index (χ1v) is 20.0. The van der Waals surface area contributed by atoms with Gasteiger partial charge in [0.25, 0.3) is 0 Å². The van der Waals surface area contributed by atoms with Gasteiger partial charge in [0, 0.05) is 12.5 Å². The zero-order valence-corrected chi connectivity index (χ0v) is 28.6. The second-order valence-electron chi connectivity index (χ2n) is 16.8. The predicted molar refractivity (Wildman–Crippen MR) is 172 cm³/mol. The molecule has 4 heteroatoms. The molecule has 3 nitrogen and oxygen atoms in total. The van der Waals surface area contributed by atoms with Crippen LogP contribution in [-0.4, -0.2) is 20.4 Å². The van der Waals surface area contributed by atoms with Crippen molar-refractivity contribution in [1.82, 2.24) is 0 Å². The molecule has 4 aliphatic rings. The highest BCUT2D eigenvalue weighted by Gasteiger charge is 2.60. The Morgan fingerprint density at radius 2 is 1.63 bits per heavy atom. The Kier molecular flexibility index (Phi) is 8.97. The van der Waals surface area contributed by atoms with Gasteiger partial charge in [-0.15, -0.1) is 0 Å². The summed E-state index contributed by atoms with van der Waals surface area (Å²) in [6.45, 7) is 20.2. The number of fused-ring (bicyclic) bond motifs is 5.